The van der Waals surface area contributed by atoms with Gasteiger partial charge in [0, 0.05) is 6.04 Å². The topological polar surface area (TPSA) is 49.8 Å². The first-order chi connectivity index (χ1) is 12.7. The number of ether oxygens (including phenoxy) is 1. The van der Waals surface area contributed by atoms with Gasteiger partial charge in [0.25, 0.3) is 0 Å². The third-order valence-electron chi connectivity index (χ3n) is 5.12. The molecule has 1 amide bonds. The van der Waals surface area contributed by atoms with Crippen LogP contribution in [0.2, 0.25) is 0 Å². The normalized spacial score (nSPS) is 22.1. The number of nitrogens with zero attached hydrogens (tertiary/aromatic N) is 1. The molecule has 0 radical (unpaired) electrons. The number of rotatable bonds is 6. The number of amides is 1. The molecule has 0 heterocycles. The Morgan fingerprint density at radius 1 is 1.22 bits per heavy atom. The first-order valence-corrected chi connectivity index (χ1v) is 10.1. The molecule has 1 aromatic rings. The second-order valence-corrected chi connectivity index (χ2v) is 8.59. The van der Waals surface area contributed by atoms with Gasteiger partial charge in [-0.3, -0.25) is 4.90 Å². The highest BCUT2D eigenvalue weighted by Crippen LogP contribution is 2.33. The molecule has 0 spiro atoms. The average molecular weight is 374 g/mol. The maximum atomic E-state index is 13.2. The van der Waals surface area contributed by atoms with Crippen molar-refractivity contribution in [3.05, 3.63) is 48.0 Å². The Balaban J connectivity index is 2.40. The van der Waals surface area contributed by atoms with Crippen molar-refractivity contribution in [2.45, 2.75) is 84.1 Å². The van der Waals surface area contributed by atoms with E-state index in [0.29, 0.717) is 5.92 Å². The van der Waals surface area contributed by atoms with E-state index in [-0.39, 0.29) is 18.2 Å². The van der Waals surface area contributed by atoms with Crippen LogP contribution in [0.5, 0.6) is 0 Å². The molecule has 4 nitrogen and oxygen atoms in total. The van der Waals surface area contributed by atoms with Crippen LogP contribution in [0.15, 0.2) is 42.5 Å². The lowest BCUT2D eigenvalue weighted by Gasteiger charge is -2.43. The largest absolute Gasteiger partial charge is 0.444 e. The van der Waals surface area contributed by atoms with E-state index in [1.54, 1.807) is 0 Å². The molecule has 150 valence electrons. The number of carbonyl (C=O) groups excluding carboxylic acids is 1. The number of hydrogen-bond acceptors (Lipinski definition) is 3. The van der Waals surface area contributed by atoms with Gasteiger partial charge >= 0.3 is 6.09 Å². The Morgan fingerprint density at radius 2 is 1.85 bits per heavy atom. The van der Waals surface area contributed by atoms with Crippen molar-refractivity contribution in [3.63, 3.8) is 0 Å². The molecule has 0 saturated heterocycles. The van der Waals surface area contributed by atoms with Gasteiger partial charge < -0.3 is 9.84 Å². The van der Waals surface area contributed by atoms with Crippen LogP contribution in [0.4, 0.5) is 4.79 Å². The van der Waals surface area contributed by atoms with E-state index in [4.69, 9.17) is 4.74 Å². The summed E-state index contributed by atoms with van der Waals surface area (Å²) in [4.78, 5) is 15.1. The van der Waals surface area contributed by atoms with Gasteiger partial charge in [-0.25, -0.2) is 4.79 Å². The predicted molar refractivity (Wildman–Crippen MR) is 109 cm³/mol. The summed E-state index contributed by atoms with van der Waals surface area (Å²) in [5, 5.41) is 11.2. The van der Waals surface area contributed by atoms with Crippen LogP contribution in [0.3, 0.4) is 0 Å². The van der Waals surface area contributed by atoms with Gasteiger partial charge in [-0.15, -0.1) is 0 Å². The SMILES string of the molecule is CCC[C@H]([C@H](O)c1ccccc1)N(C(=O)OC(C)(C)C)C1CC=CC[C@@H]1C. The van der Waals surface area contributed by atoms with Crippen LogP contribution in [0.25, 0.3) is 0 Å². The summed E-state index contributed by atoms with van der Waals surface area (Å²) in [6.07, 6.45) is 6.58. The van der Waals surface area contributed by atoms with Crippen molar-refractivity contribution < 1.29 is 14.6 Å². The number of allylic oxidation sites excluding steroid dienone is 1. The van der Waals surface area contributed by atoms with Gasteiger partial charge in [-0.1, -0.05) is 62.8 Å². The third kappa shape index (κ3) is 5.83. The number of aliphatic hydroxyl groups is 1. The van der Waals surface area contributed by atoms with Crippen LogP contribution in [0.1, 0.15) is 72.0 Å². The Morgan fingerprint density at radius 3 is 2.41 bits per heavy atom. The Labute approximate surface area is 164 Å². The molecule has 1 N–H and O–H groups in total. The molecular formula is C23H35NO3. The molecule has 0 fully saturated rings. The summed E-state index contributed by atoms with van der Waals surface area (Å²) >= 11 is 0. The maximum absolute atomic E-state index is 13.2. The zero-order valence-electron chi connectivity index (χ0n) is 17.4. The van der Waals surface area contributed by atoms with E-state index >= 15 is 0 Å². The Kier molecular flexibility index (Phi) is 7.49. The molecule has 27 heavy (non-hydrogen) atoms. The smallest absolute Gasteiger partial charge is 0.410 e. The third-order valence-corrected chi connectivity index (χ3v) is 5.12. The molecule has 0 saturated carbocycles. The van der Waals surface area contributed by atoms with Crippen molar-refractivity contribution >= 4 is 6.09 Å². The fraction of sp³-hybridized carbons (Fsp3) is 0.609. The molecule has 1 aliphatic carbocycles. The molecule has 4 atom stereocenters. The van der Waals surface area contributed by atoms with Crippen LogP contribution in [-0.4, -0.2) is 33.8 Å². The summed E-state index contributed by atoms with van der Waals surface area (Å²) in [6.45, 7) is 9.91. The molecular weight excluding hydrogens is 338 g/mol. The van der Waals surface area contributed by atoms with Gasteiger partial charge in [-0.2, -0.15) is 0 Å². The van der Waals surface area contributed by atoms with Crippen molar-refractivity contribution in [3.8, 4) is 0 Å². The lowest BCUT2D eigenvalue weighted by molar-refractivity contribution is -0.0309. The highest BCUT2D eigenvalue weighted by molar-refractivity contribution is 5.69. The van der Waals surface area contributed by atoms with E-state index in [0.717, 1.165) is 31.2 Å². The number of benzene rings is 1. The van der Waals surface area contributed by atoms with E-state index in [9.17, 15) is 9.90 Å². The minimum atomic E-state index is -0.739. The summed E-state index contributed by atoms with van der Waals surface area (Å²) in [7, 11) is 0. The summed E-state index contributed by atoms with van der Waals surface area (Å²) in [5.74, 6) is 0.324. The molecule has 0 aliphatic heterocycles. The predicted octanol–water partition coefficient (Wildman–Crippen LogP) is 5.48. The van der Waals surface area contributed by atoms with Crippen LogP contribution >= 0.6 is 0 Å². The fourth-order valence-corrected chi connectivity index (χ4v) is 3.77. The van der Waals surface area contributed by atoms with Crippen molar-refractivity contribution in [1.82, 2.24) is 4.90 Å². The first-order valence-electron chi connectivity index (χ1n) is 10.1. The second-order valence-electron chi connectivity index (χ2n) is 8.59. The van der Waals surface area contributed by atoms with Crippen molar-refractivity contribution in [2.24, 2.45) is 5.92 Å². The van der Waals surface area contributed by atoms with E-state index in [1.165, 1.54) is 0 Å². The zero-order chi connectivity index (χ0) is 20.0. The number of hydrogen-bond donors (Lipinski definition) is 1. The van der Waals surface area contributed by atoms with Gasteiger partial charge in [0.05, 0.1) is 12.1 Å². The molecule has 1 unspecified atom stereocenters. The number of aliphatic hydroxyl groups excluding tert-OH is 1. The quantitative estimate of drug-likeness (QED) is 0.672. The highest BCUT2D eigenvalue weighted by Gasteiger charge is 2.39. The zero-order valence-corrected chi connectivity index (χ0v) is 17.4. The lowest BCUT2D eigenvalue weighted by Crippen LogP contribution is -2.53. The molecule has 4 heteroatoms. The fourth-order valence-electron chi connectivity index (χ4n) is 3.77. The minimum absolute atomic E-state index is 0.0276. The summed E-state index contributed by atoms with van der Waals surface area (Å²) in [6, 6.07) is 9.34. The standard InChI is InChI=1S/C23H35NO3/c1-6-12-20(21(25)18-14-8-7-9-15-18)24(22(26)27-23(3,4)5)19-16-11-10-13-17(19)2/h7-11,14-15,17,19-21,25H,6,12-13,16H2,1-5H3/t17-,19?,20+,21+/m0/s1. The van der Waals surface area contributed by atoms with Crippen LogP contribution in [0, 0.1) is 5.92 Å². The maximum Gasteiger partial charge on any atom is 0.410 e. The average Bonchev–Trinajstić information content (AvgIpc) is 2.61. The van der Waals surface area contributed by atoms with Gasteiger partial charge in [0.2, 0.25) is 0 Å². The molecule has 0 aromatic heterocycles. The van der Waals surface area contributed by atoms with Crippen molar-refractivity contribution in [2.75, 3.05) is 0 Å². The Bertz CT molecular complexity index is 620. The number of carbonyl (C=O) groups is 1. The summed E-state index contributed by atoms with van der Waals surface area (Å²) in [5.41, 5.74) is 0.265. The molecule has 1 aromatic carbocycles. The van der Waals surface area contributed by atoms with Gasteiger partial charge in [-0.05, 0) is 51.5 Å². The van der Waals surface area contributed by atoms with Crippen LogP contribution in [-0.2, 0) is 4.74 Å². The van der Waals surface area contributed by atoms with E-state index in [1.807, 2.05) is 56.0 Å². The molecule has 0 bridgehead atoms. The van der Waals surface area contributed by atoms with E-state index < -0.39 is 11.7 Å². The van der Waals surface area contributed by atoms with Crippen molar-refractivity contribution in [1.29, 1.82) is 0 Å². The highest BCUT2D eigenvalue weighted by atomic mass is 16.6. The second kappa shape index (κ2) is 9.41. The van der Waals surface area contributed by atoms with Gasteiger partial charge in [0.15, 0.2) is 0 Å². The lowest BCUT2D eigenvalue weighted by atomic mass is 9.86. The first kappa shape index (κ1) is 21.5. The molecule has 2 rings (SSSR count). The summed E-state index contributed by atoms with van der Waals surface area (Å²) < 4.78 is 5.77. The van der Waals surface area contributed by atoms with Gasteiger partial charge in [0.1, 0.15) is 5.60 Å². The van der Waals surface area contributed by atoms with E-state index in [2.05, 4.69) is 26.0 Å². The Hall–Kier alpha value is -1.81. The minimum Gasteiger partial charge on any atom is -0.444 e. The van der Waals surface area contributed by atoms with Crippen LogP contribution < -0.4 is 0 Å². The monoisotopic (exact) mass is 373 g/mol. The molecule has 1 aliphatic rings.